The molecule has 19 heavy (non-hydrogen) atoms. The van der Waals surface area contributed by atoms with Gasteiger partial charge in [-0.25, -0.2) is 0 Å². The lowest BCUT2D eigenvalue weighted by Crippen LogP contribution is -2.24. The van der Waals surface area contributed by atoms with Crippen LogP contribution in [0.4, 0.5) is 0 Å². The molecule has 1 aromatic heterocycles. The molecule has 0 bridgehead atoms. The second kappa shape index (κ2) is 7.38. The van der Waals surface area contributed by atoms with Gasteiger partial charge >= 0.3 is 0 Å². The van der Waals surface area contributed by atoms with E-state index in [4.69, 9.17) is 4.42 Å². The fourth-order valence-electron chi connectivity index (χ4n) is 1.98. The van der Waals surface area contributed by atoms with E-state index in [1.807, 2.05) is 12.1 Å². The monoisotopic (exact) mass is 280 g/mol. The highest BCUT2D eigenvalue weighted by molar-refractivity contribution is 8.15. The Hall–Kier alpha value is -1.23. The molecule has 0 aromatic carbocycles. The first-order chi connectivity index (χ1) is 9.29. The molecule has 2 rings (SSSR count). The molecule has 1 unspecified atom stereocenters. The van der Waals surface area contributed by atoms with Crippen molar-refractivity contribution in [3.05, 3.63) is 24.2 Å². The maximum absolute atomic E-state index is 11.8. The number of carbonyl (C=O) groups excluding carboxylic acids is 1. The minimum Gasteiger partial charge on any atom is -0.467 e. The topological polar surface area (TPSA) is 54.6 Å². The maximum atomic E-state index is 11.8. The van der Waals surface area contributed by atoms with Gasteiger partial charge in [0.2, 0.25) is 5.91 Å². The molecule has 0 aliphatic carbocycles. The Labute approximate surface area is 118 Å². The fraction of sp³-hybridized carbons (Fsp3) is 0.571. The zero-order valence-electron chi connectivity index (χ0n) is 11.2. The molecule has 1 aromatic rings. The van der Waals surface area contributed by atoms with Crippen molar-refractivity contribution in [1.82, 2.24) is 5.32 Å². The number of amides is 1. The number of unbranched alkanes of at least 4 members (excludes halogenated alkanes) is 3. The third kappa shape index (κ3) is 4.42. The minimum atomic E-state index is 0.0345. The van der Waals surface area contributed by atoms with Crippen LogP contribution < -0.4 is 5.32 Å². The number of thioether (sulfide) groups is 1. The summed E-state index contributed by atoms with van der Waals surface area (Å²) >= 11 is 1.55. The number of nitrogens with zero attached hydrogens (tertiary/aromatic N) is 1. The lowest BCUT2D eigenvalue weighted by atomic mass is 10.1. The summed E-state index contributed by atoms with van der Waals surface area (Å²) in [4.78, 5) is 16.1. The van der Waals surface area contributed by atoms with Crippen molar-refractivity contribution in [2.24, 2.45) is 4.99 Å². The molecular weight excluding hydrogens is 260 g/mol. The molecule has 0 spiro atoms. The van der Waals surface area contributed by atoms with Crippen molar-refractivity contribution in [2.45, 2.75) is 50.8 Å². The van der Waals surface area contributed by atoms with Crippen LogP contribution in [0.15, 0.2) is 27.8 Å². The van der Waals surface area contributed by atoms with E-state index in [1.54, 1.807) is 18.0 Å². The van der Waals surface area contributed by atoms with Crippen LogP contribution in [0.5, 0.6) is 0 Å². The number of amidine groups is 1. The number of rotatable bonds is 7. The van der Waals surface area contributed by atoms with E-state index in [0.717, 1.165) is 23.8 Å². The van der Waals surface area contributed by atoms with E-state index < -0.39 is 0 Å². The predicted octanol–water partition coefficient (Wildman–Crippen LogP) is 3.34. The summed E-state index contributed by atoms with van der Waals surface area (Å²) in [7, 11) is 0. The first kappa shape index (κ1) is 14.2. The third-order valence-electron chi connectivity index (χ3n) is 3.05. The Morgan fingerprint density at radius 1 is 1.42 bits per heavy atom. The van der Waals surface area contributed by atoms with Crippen molar-refractivity contribution in [1.29, 1.82) is 0 Å². The average Bonchev–Trinajstić information content (AvgIpc) is 3.02. The van der Waals surface area contributed by atoms with Crippen molar-refractivity contribution >= 4 is 22.8 Å². The van der Waals surface area contributed by atoms with Gasteiger partial charge in [-0.15, -0.1) is 0 Å². The zero-order valence-corrected chi connectivity index (χ0v) is 12.0. The summed E-state index contributed by atoms with van der Waals surface area (Å²) in [6.45, 7) is 2.68. The van der Waals surface area contributed by atoms with E-state index in [9.17, 15) is 4.79 Å². The van der Waals surface area contributed by atoms with Crippen molar-refractivity contribution in [3.8, 4) is 0 Å². The number of carbonyl (C=O) groups is 1. The van der Waals surface area contributed by atoms with Crippen molar-refractivity contribution in [3.63, 3.8) is 0 Å². The molecule has 1 amide bonds. The number of nitrogens with one attached hydrogen (secondary N) is 1. The van der Waals surface area contributed by atoms with Crippen LogP contribution in [0, 0.1) is 0 Å². The molecule has 1 N–H and O–H groups in total. The first-order valence-electron chi connectivity index (χ1n) is 6.84. The van der Waals surface area contributed by atoms with Crippen LogP contribution in [-0.4, -0.2) is 16.3 Å². The van der Waals surface area contributed by atoms with Crippen LogP contribution in [-0.2, 0) is 11.3 Å². The molecular formula is C14H20N2O2S. The van der Waals surface area contributed by atoms with Gasteiger partial charge < -0.3 is 9.73 Å². The summed E-state index contributed by atoms with van der Waals surface area (Å²) in [5.41, 5.74) is 0. The van der Waals surface area contributed by atoms with E-state index in [0.29, 0.717) is 6.54 Å². The number of aliphatic imine (C=N–C) groups is 1. The molecule has 1 aliphatic heterocycles. The van der Waals surface area contributed by atoms with Crippen LogP contribution >= 0.6 is 11.8 Å². The minimum absolute atomic E-state index is 0.0345. The van der Waals surface area contributed by atoms with Gasteiger partial charge in [0.25, 0.3) is 0 Å². The molecule has 1 saturated heterocycles. The smallest absolute Gasteiger partial charge is 0.239 e. The molecule has 1 fully saturated rings. The van der Waals surface area contributed by atoms with Gasteiger partial charge in [-0.05, 0) is 18.6 Å². The summed E-state index contributed by atoms with van der Waals surface area (Å²) < 4.78 is 5.21. The molecule has 1 aliphatic rings. The third-order valence-corrected chi connectivity index (χ3v) is 4.24. The quantitative estimate of drug-likeness (QED) is 0.779. The molecule has 2 heterocycles. The molecule has 4 nitrogen and oxygen atoms in total. The van der Waals surface area contributed by atoms with Gasteiger partial charge in [0.05, 0.1) is 18.1 Å². The van der Waals surface area contributed by atoms with E-state index in [1.165, 1.54) is 19.3 Å². The normalized spacial score (nSPS) is 21.0. The Bertz CT molecular complexity index is 429. The second-order valence-corrected chi connectivity index (χ2v) is 5.84. The van der Waals surface area contributed by atoms with Crippen LogP contribution in [0.3, 0.4) is 0 Å². The molecule has 104 valence electrons. The van der Waals surface area contributed by atoms with Crippen LogP contribution in [0.25, 0.3) is 0 Å². The van der Waals surface area contributed by atoms with Gasteiger partial charge in [-0.2, -0.15) is 0 Å². The Morgan fingerprint density at radius 2 is 2.32 bits per heavy atom. The largest absolute Gasteiger partial charge is 0.467 e. The van der Waals surface area contributed by atoms with Gasteiger partial charge in [0.1, 0.15) is 5.76 Å². The Kier molecular flexibility index (Phi) is 5.51. The summed E-state index contributed by atoms with van der Waals surface area (Å²) in [5, 5.41) is 3.60. The second-order valence-electron chi connectivity index (χ2n) is 4.65. The maximum Gasteiger partial charge on any atom is 0.239 e. The van der Waals surface area contributed by atoms with Gasteiger partial charge in [-0.1, -0.05) is 44.4 Å². The summed E-state index contributed by atoms with van der Waals surface area (Å²) in [6, 6.07) is 3.72. The number of hydrogen-bond acceptors (Lipinski definition) is 4. The summed E-state index contributed by atoms with van der Waals surface area (Å²) in [5.74, 6) is 0.911. The van der Waals surface area contributed by atoms with Gasteiger partial charge in [0.15, 0.2) is 5.17 Å². The molecule has 5 heteroatoms. The molecule has 0 saturated carbocycles. The number of furan rings is 1. The highest BCUT2D eigenvalue weighted by atomic mass is 32.2. The highest BCUT2D eigenvalue weighted by Gasteiger charge is 2.29. The lowest BCUT2D eigenvalue weighted by Gasteiger charge is -2.03. The van der Waals surface area contributed by atoms with E-state index in [-0.39, 0.29) is 11.2 Å². The molecule has 0 radical (unpaired) electrons. The standard InChI is InChI=1S/C14H20N2O2S/c1-2-3-4-5-8-12-13(17)16-14(19-12)15-10-11-7-6-9-18-11/h6-7,9,12H,2-5,8,10H2,1H3,(H,15,16,17). The first-order valence-corrected chi connectivity index (χ1v) is 7.72. The van der Waals surface area contributed by atoms with Crippen LogP contribution in [0.1, 0.15) is 44.8 Å². The zero-order chi connectivity index (χ0) is 13.5. The summed E-state index contributed by atoms with van der Waals surface area (Å²) in [6.07, 6.45) is 7.37. The predicted molar refractivity (Wildman–Crippen MR) is 78.1 cm³/mol. The Morgan fingerprint density at radius 3 is 3.05 bits per heavy atom. The number of hydrogen-bond donors (Lipinski definition) is 1. The van der Waals surface area contributed by atoms with Crippen molar-refractivity contribution in [2.75, 3.05) is 0 Å². The SMILES string of the molecule is CCCCCCC1SC(=NCc2ccco2)NC1=O. The van der Waals surface area contributed by atoms with Crippen molar-refractivity contribution < 1.29 is 9.21 Å². The Balaban J connectivity index is 1.76. The van der Waals surface area contributed by atoms with Crippen LogP contribution in [0.2, 0.25) is 0 Å². The molecule has 1 atom stereocenters. The average molecular weight is 280 g/mol. The highest BCUT2D eigenvalue weighted by Crippen LogP contribution is 2.24. The van der Waals surface area contributed by atoms with E-state index >= 15 is 0 Å². The van der Waals surface area contributed by atoms with Gasteiger partial charge in [0, 0.05) is 0 Å². The van der Waals surface area contributed by atoms with E-state index in [2.05, 4.69) is 17.2 Å². The van der Waals surface area contributed by atoms with Gasteiger partial charge in [-0.3, -0.25) is 9.79 Å². The lowest BCUT2D eigenvalue weighted by molar-refractivity contribution is -0.118. The fourth-order valence-corrected chi connectivity index (χ4v) is 3.00.